The lowest BCUT2D eigenvalue weighted by Gasteiger charge is -2.26. The summed E-state index contributed by atoms with van der Waals surface area (Å²) in [6.07, 6.45) is 0. The second-order valence-electron chi connectivity index (χ2n) is 5.26. The molecule has 1 unspecified atom stereocenters. The van der Waals surface area contributed by atoms with Gasteiger partial charge in [0.05, 0.1) is 0 Å². The van der Waals surface area contributed by atoms with E-state index in [-0.39, 0.29) is 0 Å². The molecular formula is C15H25N. The molecule has 0 saturated carbocycles. The Morgan fingerprint density at radius 2 is 1.44 bits per heavy atom. The van der Waals surface area contributed by atoms with Crippen molar-refractivity contribution in [3.8, 4) is 0 Å². The predicted molar refractivity (Wildman–Crippen MR) is 72.0 cm³/mol. The van der Waals surface area contributed by atoms with Crippen LogP contribution in [0.2, 0.25) is 0 Å². The van der Waals surface area contributed by atoms with Crippen molar-refractivity contribution in [1.82, 2.24) is 0 Å². The Bertz CT molecular complexity index is 351. The molecule has 0 aliphatic carbocycles. The van der Waals surface area contributed by atoms with Crippen molar-refractivity contribution in [3.63, 3.8) is 0 Å². The van der Waals surface area contributed by atoms with Gasteiger partial charge in [0, 0.05) is 0 Å². The van der Waals surface area contributed by atoms with Gasteiger partial charge in [-0.15, -0.1) is 0 Å². The highest BCUT2D eigenvalue weighted by molar-refractivity contribution is 5.46. The smallest absolute Gasteiger partial charge is 0.000557 e. The summed E-state index contributed by atoms with van der Waals surface area (Å²) in [5.41, 5.74) is 13.0. The van der Waals surface area contributed by atoms with E-state index in [0.29, 0.717) is 11.8 Å². The van der Waals surface area contributed by atoms with E-state index in [0.717, 1.165) is 6.54 Å². The molecule has 1 heteroatoms. The Kier molecular flexibility index (Phi) is 4.15. The maximum atomic E-state index is 5.94. The largest absolute Gasteiger partial charge is 0.330 e. The molecule has 1 aromatic carbocycles. The van der Waals surface area contributed by atoms with Gasteiger partial charge in [-0.3, -0.25) is 0 Å². The molecule has 1 atom stereocenters. The van der Waals surface area contributed by atoms with Crippen LogP contribution >= 0.6 is 0 Å². The fourth-order valence-corrected chi connectivity index (χ4v) is 2.53. The quantitative estimate of drug-likeness (QED) is 0.825. The van der Waals surface area contributed by atoms with Crippen LogP contribution in [-0.4, -0.2) is 6.54 Å². The van der Waals surface area contributed by atoms with E-state index in [1.165, 1.54) is 27.8 Å². The van der Waals surface area contributed by atoms with E-state index >= 15 is 0 Å². The molecule has 0 bridgehead atoms. The number of hydrogen-bond donors (Lipinski definition) is 1. The molecule has 0 radical (unpaired) electrons. The SMILES string of the molecule is Cc1cc(C)c(C)c(C(CN)C(C)C)c1C. The van der Waals surface area contributed by atoms with Gasteiger partial charge < -0.3 is 5.73 Å². The van der Waals surface area contributed by atoms with Crippen LogP contribution < -0.4 is 5.73 Å². The molecule has 0 fully saturated rings. The fourth-order valence-electron chi connectivity index (χ4n) is 2.53. The lowest BCUT2D eigenvalue weighted by Crippen LogP contribution is -2.20. The van der Waals surface area contributed by atoms with Gasteiger partial charge in [-0.05, 0) is 73.9 Å². The van der Waals surface area contributed by atoms with E-state index in [2.05, 4.69) is 47.6 Å². The van der Waals surface area contributed by atoms with E-state index in [9.17, 15) is 0 Å². The molecular weight excluding hydrogens is 194 g/mol. The summed E-state index contributed by atoms with van der Waals surface area (Å²) < 4.78 is 0. The molecule has 0 heterocycles. The molecule has 1 rings (SSSR count). The van der Waals surface area contributed by atoms with Gasteiger partial charge in [0.2, 0.25) is 0 Å². The summed E-state index contributed by atoms with van der Waals surface area (Å²) in [5, 5.41) is 0. The number of hydrogen-bond acceptors (Lipinski definition) is 1. The van der Waals surface area contributed by atoms with Crippen molar-refractivity contribution < 1.29 is 0 Å². The summed E-state index contributed by atoms with van der Waals surface area (Å²) in [4.78, 5) is 0. The number of aryl methyl sites for hydroxylation is 2. The summed E-state index contributed by atoms with van der Waals surface area (Å²) in [6, 6.07) is 2.28. The van der Waals surface area contributed by atoms with Crippen molar-refractivity contribution >= 4 is 0 Å². The van der Waals surface area contributed by atoms with Gasteiger partial charge >= 0.3 is 0 Å². The minimum absolute atomic E-state index is 0.485. The zero-order valence-electron chi connectivity index (χ0n) is 11.5. The van der Waals surface area contributed by atoms with E-state index in [1.54, 1.807) is 0 Å². The van der Waals surface area contributed by atoms with Crippen molar-refractivity contribution in [2.45, 2.75) is 47.5 Å². The maximum Gasteiger partial charge on any atom is -0.000557 e. The maximum absolute atomic E-state index is 5.94. The molecule has 16 heavy (non-hydrogen) atoms. The van der Waals surface area contributed by atoms with Gasteiger partial charge in [-0.1, -0.05) is 19.9 Å². The van der Waals surface area contributed by atoms with Crippen LogP contribution in [0.1, 0.15) is 47.6 Å². The second-order valence-corrected chi connectivity index (χ2v) is 5.26. The van der Waals surface area contributed by atoms with Gasteiger partial charge in [0.15, 0.2) is 0 Å². The molecule has 0 aliphatic heterocycles. The monoisotopic (exact) mass is 219 g/mol. The normalized spacial score (nSPS) is 13.2. The summed E-state index contributed by atoms with van der Waals surface area (Å²) in [5.74, 6) is 1.09. The number of nitrogens with two attached hydrogens (primary N) is 1. The second kappa shape index (κ2) is 5.01. The van der Waals surface area contributed by atoms with Crippen LogP contribution in [-0.2, 0) is 0 Å². The molecule has 0 aliphatic rings. The molecule has 0 spiro atoms. The highest BCUT2D eigenvalue weighted by Gasteiger charge is 2.20. The van der Waals surface area contributed by atoms with Crippen molar-refractivity contribution in [3.05, 3.63) is 33.9 Å². The third-order valence-corrected chi connectivity index (χ3v) is 3.85. The van der Waals surface area contributed by atoms with E-state index in [4.69, 9.17) is 5.73 Å². The summed E-state index contributed by atoms with van der Waals surface area (Å²) in [7, 11) is 0. The molecule has 1 nitrogen and oxygen atoms in total. The Hall–Kier alpha value is -0.820. The first-order valence-corrected chi connectivity index (χ1v) is 6.17. The minimum atomic E-state index is 0.485. The van der Waals surface area contributed by atoms with Crippen molar-refractivity contribution in [2.24, 2.45) is 11.7 Å². The first kappa shape index (κ1) is 13.2. The van der Waals surface area contributed by atoms with Crippen LogP contribution in [0.5, 0.6) is 0 Å². The zero-order chi connectivity index (χ0) is 12.5. The topological polar surface area (TPSA) is 26.0 Å². The van der Waals surface area contributed by atoms with Crippen molar-refractivity contribution in [1.29, 1.82) is 0 Å². The number of rotatable bonds is 3. The summed E-state index contributed by atoms with van der Waals surface area (Å²) >= 11 is 0. The van der Waals surface area contributed by atoms with E-state index < -0.39 is 0 Å². The average Bonchev–Trinajstić information content (AvgIpc) is 2.21. The van der Waals surface area contributed by atoms with Crippen LogP contribution in [0.25, 0.3) is 0 Å². The summed E-state index contributed by atoms with van der Waals surface area (Å²) in [6.45, 7) is 14.1. The molecule has 0 aromatic heterocycles. The number of benzene rings is 1. The molecule has 0 amide bonds. The zero-order valence-corrected chi connectivity index (χ0v) is 11.5. The molecule has 90 valence electrons. The van der Waals surface area contributed by atoms with Crippen LogP contribution in [0.4, 0.5) is 0 Å². The third kappa shape index (κ3) is 2.30. The lowest BCUT2D eigenvalue weighted by atomic mass is 9.80. The first-order chi connectivity index (χ1) is 7.40. The molecule has 0 saturated heterocycles. The van der Waals surface area contributed by atoms with Crippen molar-refractivity contribution in [2.75, 3.05) is 6.54 Å². The average molecular weight is 219 g/mol. The standard InChI is InChI=1S/C15H25N/c1-9(2)14(8-16)15-12(5)10(3)7-11(4)13(15)6/h7,9,14H,8,16H2,1-6H3. The molecule has 1 aromatic rings. The van der Waals surface area contributed by atoms with Gasteiger partial charge in [-0.25, -0.2) is 0 Å². The Morgan fingerprint density at radius 3 is 1.75 bits per heavy atom. The molecule has 2 N–H and O–H groups in total. The minimum Gasteiger partial charge on any atom is -0.330 e. The Balaban J connectivity index is 3.41. The van der Waals surface area contributed by atoms with Crippen LogP contribution in [0.3, 0.4) is 0 Å². The van der Waals surface area contributed by atoms with Gasteiger partial charge in [-0.2, -0.15) is 0 Å². The van der Waals surface area contributed by atoms with Gasteiger partial charge in [0.1, 0.15) is 0 Å². The fraction of sp³-hybridized carbons (Fsp3) is 0.600. The Morgan fingerprint density at radius 1 is 1.00 bits per heavy atom. The van der Waals surface area contributed by atoms with Crippen LogP contribution in [0.15, 0.2) is 6.07 Å². The highest BCUT2D eigenvalue weighted by Crippen LogP contribution is 2.32. The van der Waals surface area contributed by atoms with E-state index in [1.807, 2.05) is 0 Å². The predicted octanol–water partition coefficient (Wildman–Crippen LogP) is 3.62. The first-order valence-electron chi connectivity index (χ1n) is 6.17. The third-order valence-electron chi connectivity index (χ3n) is 3.85. The van der Waals surface area contributed by atoms with Crippen LogP contribution in [0, 0.1) is 33.6 Å². The Labute approximate surface area is 100 Å². The van der Waals surface area contributed by atoms with Gasteiger partial charge in [0.25, 0.3) is 0 Å². The lowest BCUT2D eigenvalue weighted by molar-refractivity contribution is 0.501. The highest BCUT2D eigenvalue weighted by atomic mass is 14.6.